The molecule has 1 atom stereocenters. The SMILES string of the molecule is CCNC(C)c1nnc(-c2cccc3ncccc23)o1. The van der Waals surface area contributed by atoms with Crippen molar-refractivity contribution in [2.45, 2.75) is 19.9 Å². The first-order valence-electron chi connectivity index (χ1n) is 6.70. The minimum absolute atomic E-state index is 0.0503. The second kappa shape index (κ2) is 5.38. The molecule has 0 aliphatic rings. The molecule has 2 aromatic heterocycles. The van der Waals surface area contributed by atoms with Gasteiger partial charge in [-0.2, -0.15) is 0 Å². The molecule has 0 saturated carbocycles. The summed E-state index contributed by atoms with van der Waals surface area (Å²) in [6, 6.07) is 9.85. The van der Waals surface area contributed by atoms with E-state index >= 15 is 0 Å². The van der Waals surface area contributed by atoms with Gasteiger partial charge < -0.3 is 9.73 Å². The Kier molecular flexibility index (Phi) is 3.43. The van der Waals surface area contributed by atoms with Crippen LogP contribution in [0.2, 0.25) is 0 Å². The molecule has 0 saturated heterocycles. The molecule has 0 fully saturated rings. The van der Waals surface area contributed by atoms with Gasteiger partial charge in [-0.05, 0) is 31.7 Å². The summed E-state index contributed by atoms with van der Waals surface area (Å²) < 4.78 is 5.78. The van der Waals surface area contributed by atoms with E-state index in [2.05, 4.69) is 20.5 Å². The Morgan fingerprint density at radius 2 is 2.10 bits per heavy atom. The average Bonchev–Trinajstić information content (AvgIpc) is 2.97. The predicted molar refractivity (Wildman–Crippen MR) is 77.1 cm³/mol. The van der Waals surface area contributed by atoms with Gasteiger partial charge in [-0.25, -0.2) is 0 Å². The van der Waals surface area contributed by atoms with Crippen LogP contribution < -0.4 is 5.32 Å². The fourth-order valence-corrected chi connectivity index (χ4v) is 2.20. The predicted octanol–water partition coefficient (Wildman–Crippen LogP) is 2.96. The van der Waals surface area contributed by atoms with Gasteiger partial charge in [0.05, 0.1) is 11.6 Å². The molecule has 5 heteroatoms. The van der Waals surface area contributed by atoms with Crippen molar-refractivity contribution in [1.29, 1.82) is 0 Å². The topological polar surface area (TPSA) is 63.8 Å². The van der Waals surface area contributed by atoms with Gasteiger partial charge in [-0.1, -0.05) is 19.1 Å². The van der Waals surface area contributed by atoms with Crippen LogP contribution in [0, 0.1) is 0 Å². The van der Waals surface area contributed by atoms with E-state index in [-0.39, 0.29) is 6.04 Å². The average molecular weight is 268 g/mol. The lowest BCUT2D eigenvalue weighted by Gasteiger charge is -2.06. The van der Waals surface area contributed by atoms with Crippen LogP contribution >= 0.6 is 0 Å². The van der Waals surface area contributed by atoms with Crippen molar-refractivity contribution in [3.8, 4) is 11.5 Å². The third-order valence-electron chi connectivity index (χ3n) is 3.20. The van der Waals surface area contributed by atoms with E-state index in [0.29, 0.717) is 11.8 Å². The maximum Gasteiger partial charge on any atom is 0.248 e. The molecule has 0 amide bonds. The molecule has 1 unspecified atom stereocenters. The summed E-state index contributed by atoms with van der Waals surface area (Å²) in [5, 5.41) is 12.5. The van der Waals surface area contributed by atoms with Crippen LogP contribution in [0.25, 0.3) is 22.4 Å². The Morgan fingerprint density at radius 3 is 2.95 bits per heavy atom. The lowest BCUT2D eigenvalue weighted by atomic mass is 10.1. The highest BCUT2D eigenvalue weighted by Gasteiger charge is 2.15. The zero-order valence-electron chi connectivity index (χ0n) is 11.5. The van der Waals surface area contributed by atoms with Crippen LogP contribution in [0.3, 0.4) is 0 Å². The molecular formula is C15H16N4O. The molecule has 5 nitrogen and oxygen atoms in total. The highest BCUT2D eigenvalue weighted by atomic mass is 16.4. The number of pyridine rings is 1. The van der Waals surface area contributed by atoms with Crippen LogP contribution in [0.5, 0.6) is 0 Å². The summed E-state index contributed by atoms with van der Waals surface area (Å²) in [5.41, 5.74) is 1.84. The van der Waals surface area contributed by atoms with Crippen LogP contribution in [-0.2, 0) is 0 Å². The number of benzene rings is 1. The van der Waals surface area contributed by atoms with Gasteiger partial charge in [-0.3, -0.25) is 4.98 Å². The van der Waals surface area contributed by atoms with Crippen LogP contribution in [0.1, 0.15) is 25.8 Å². The van der Waals surface area contributed by atoms with Crippen molar-refractivity contribution in [1.82, 2.24) is 20.5 Å². The molecule has 3 aromatic rings. The molecule has 0 radical (unpaired) electrons. The van der Waals surface area contributed by atoms with Crippen molar-refractivity contribution in [2.24, 2.45) is 0 Å². The summed E-state index contributed by atoms with van der Waals surface area (Å²) >= 11 is 0. The molecular weight excluding hydrogens is 252 g/mol. The largest absolute Gasteiger partial charge is 0.419 e. The number of rotatable bonds is 4. The van der Waals surface area contributed by atoms with Crippen molar-refractivity contribution in [2.75, 3.05) is 6.54 Å². The maximum atomic E-state index is 5.78. The van der Waals surface area contributed by atoms with Gasteiger partial charge in [0.2, 0.25) is 11.8 Å². The third-order valence-corrected chi connectivity index (χ3v) is 3.20. The fraction of sp³-hybridized carbons (Fsp3) is 0.267. The smallest absolute Gasteiger partial charge is 0.248 e. The van der Waals surface area contributed by atoms with E-state index < -0.39 is 0 Å². The number of nitrogens with one attached hydrogen (secondary N) is 1. The molecule has 20 heavy (non-hydrogen) atoms. The summed E-state index contributed by atoms with van der Waals surface area (Å²) in [5.74, 6) is 1.13. The van der Waals surface area contributed by atoms with Crippen LogP contribution in [0.15, 0.2) is 40.9 Å². The molecule has 2 heterocycles. The van der Waals surface area contributed by atoms with Crippen LogP contribution in [-0.4, -0.2) is 21.7 Å². The van der Waals surface area contributed by atoms with E-state index in [1.54, 1.807) is 6.20 Å². The molecule has 1 aromatic carbocycles. The first kappa shape index (κ1) is 12.7. The van der Waals surface area contributed by atoms with Gasteiger partial charge >= 0.3 is 0 Å². The normalized spacial score (nSPS) is 12.7. The van der Waals surface area contributed by atoms with E-state index in [9.17, 15) is 0 Å². The van der Waals surface area contributed by atoms with Gasteiger partial charge in [0.25, 0.3) is 0 Å². The van der Waals surface area contributed by atoms with Gasteiger partial charge in [0.15, 0.2) is 0 Å². The monoisotopic (exact) mass is 268 g/mol. The lowest BCUT2D eigenvalue weighted by molar-refractivity contribution is 0.429. The fourth-order valence-electron chi connectivity index (χ4n) is 2.20. The molecule has 0 aliphatic carbocycles. The number of nitrogens with zero attached hydrogens (tertiary/aromatic N) is 3. The van der Waals surface area contributed by atoms with E-state index in [1.807, 2.05) is 44.2 Å². The van der Waals surface area contributed by atoms with Crippen LogP contribution in [0.4, 0.5) is 0 Å². The summed E-state index contributed by atoms with van der Waals surface area (Å²) in [4.78, 5) is 4.34. The Morgan fingerprint density at radius 1 is 1.20 bits per heavy atom. The first-order chi connectivity index (χ1) is 9.79. The van der Waals surface area contributed by atoms with E-state index in [1.165, 1.54) is 0 Å². The minimum atomic E-state index is 0.0503. The maximum absolute atomic E-state index is 5.78. The third kappa shape index (κ3) is 2.28. The highest BCUT2D eigenvalue weighted by molar-refractivity contribution is 5.92. The minimum Gasteiger partial charge on any atom is -0.419 e. The zero-order chi connectivity index (χ0) is 13.9. The molecule has 0 aliphatic heterocycles. The van der Waals surface area contributed by atoms with Gasteiger partial charge in [0, 0.05) is 17.1 Å². The lowest BCUT2D eigenvalue weighted by Crippen LogP contribution is -2.17. The Hall–Kier alpha value is -2.27. The molecule has 3 rings (SSSR count). The second-order valence-corrected chi connectivity index (χ2v) is 4.60. The first-order valence-corrected chi connectivity index (χ1v) is 6.70. The number of hydrogen-bond acceptors (Lipinski definition) is 5. The van der Waals surface area contributed by atoms with Crippen molar-refractivity contribution in [3.63, 3.8) is 0 Å². The Bertz CT molecular complexity index is 717. The van der Waals surface area contributed by atoms with Gasteiger partial charge in [-0.15, -0.1) is 10.2 Å². The molecule has 0 spiro atoms. The quantitative estimate of drug-likeness (QED) is 0.788. The second-order valence-electron chi connectivity index (χ2n) is 4.60. The zero-order valence-corrected chi connectivity index (χ0v) is 11.5. The molecule has 102 valence electrons. The molecule has 1 N–H and O–H groups in total. The number of hydrogen-bond donors (Lipinski definition) is 1. The molecule has 0 bridgehead atoms. The van der Waals surface area contributed by atoms with Crippen molar-refractivity contribution in [3.05, 3.63) is 42.4 Å². The Balaban J connectivity index is 2.03. The van der Waals surface area contributed by atoms with Crippen molar-refractivity contribution < 1.29 is 4.42 Å². The number of fused-ring (bicyclic) bond motifs is 1. The van der Waals surface area contributed by atoms with Gasteiger partial charge in [0.1, 0.15) is 0 Å². The summed E-state index contributed by atoms with van der Waals surface area (Å²) in [7, 11) is 0. The summed E-state index contributed by atoms with van der Waals surface area (Å²) in [6.07, 6.45) is 1.78. The van der Waals surface area contributed by atoms with E-state index in [4.69, 9.17) is 4.42 Å². The highest BCUT2D eigenvalue weighted by Crippen LogP contribution is 2.27. The Labute approximate surface area is 117 Å². The standard InChI is InChI=1S/C15H16N4O/c1-3-16-10(2)14-18-19-15(20-14)12-6-4-8-13-11(12)7-5-9-17-13/h4-10,16H,3H2,1-2H3. The summed E-state index contributed by atoms with van der Waals surface area (Å²) in [6.45, 7) is 4.91. The van der Waals surface area contributed by atoms with E-state index in [0.717, 1.165) is 23.0 Å². The number of aromatic nitrogens is 3. The van der Waals surface area contributed by atoms with Crippen molar-refractivity contribution >= 4 is 10.9 Å².